The molecular weight excluding hydrogens is 328 g/mol. The van der Waals surface area contributed by atoms with E-state index in [0.29, 0.717) is 12.2 Å². The molecule has 3 aromatic rings. The molecule has 0 fully saturated rings. The van der Waals surface area contributed by atoms with E-state index in [4.69, 9.17) is 4.74 Å². The highest BCUT2D eigenvalue weighted by Gasteiger charge is 2.32. The number of amides is 1. The summed E-state index contributed by atoms with van der Waals surface area (Å²) >= 11 is 0. The van der Waals surface area contributed by atoms with Crippen molar-refractivity contribution in [3.8, 4) is 11.4 Å². The van der Waals surface area contributed by atoms with Gasteiger partial charge in [0, 0.05) is 24.1 Å². The molecule has 0 bridgehead atoms. The Morgan fingerprint density at radius 3 is 2.85 bits per heavy atom. The minimum atomic E-state index is -0.147. The van der Waals surface area contributed by atoms with Gasteiger partial charge in [-0.25, -0.2) is 4.98 Å². The van der Waals surface area contributed by atoms with Crippen molar-refractivity contribution in [3.63, 3.8) is 0 Å². The van der Waals surface area contributed by atoms with E-state index >= 15 is 0 Å². The lowest BCUT2D eigenvalue weighted by Crippen LogP contribution is -2.25. The lowest BCUT2D eigenvalue weighted by atomic mass is 9.89. The molecule has 2 aromatic heterocycles. The molecule has 1 atom stereocenters. The van der Waals surface area contributed by atoms with Crippen molar-refractivity contribution in [2.75, 3.05) is 5.32 Å². The van der Waals surface area contributed by atoms with E-state index in [0.717, 1.165) is 22.7 Å². The first-order valence-corrected chi connectivity index (χ1v) is 8.66. The van der Waals surface area contributed by atoms with Crippen LogP contribution in [0.5, 0.6) is 5.75 Å². The van der Waals surface area contributed by atoms with Crippen LogP contribution in [0.2, 0.25) is 0 Å². The third-order valence-electron chi connectivity index (χ3n) is 4.35. The number of imidazole rings is 1. The van der Waals surface area contributed by atoms with Crippen molar-refractivity contribution < 1.29 is 9.53 Å². The van der Waals surface area contributed by atoms with Gasteiger partial charge < -0.3 is 10.1 Å². The van der Waals surface area contributed by atoms with Crippen molar-refractivity contribution in [1.82, 2.24) is 14.5 Å². The molecule has 0 unspecified atom stereocenters. The van der Waals surface area contributed by atoms with Gasteiger partial charge in [0.15, 0.2) is 0 Å². The van der Waals surface area contributed by atoms with Crippen LogP contribution in [0.1, 0.15) is 37.4 Å². The van der Waals surface area contributed by atoms with Crippen LogP contribution in [-0.4, -0.2) is 26.5 Å². The number of para-hydroxylation sites is 1. The minimum absolute atomic E-state index is 0.0347. The number of benzene rings is 1. The third-order valence-corrected chi connectivity index (χ3v) is 4.35. The van der Waals surface area contributed by atoms with Gasteiger partial charge in [0.05, 0.1) is 23.7 Å². The lowest BCUT2D eigenvalue weighted by Gasteiger charge is -2.25. The van der Waals surface area contributed by atoms with Crippen LogP contribution in [0.25, 0.3) is 5.69 Å². The van der Waals surface area contributed by atoms with Gasteiger partial charge >= 0.3 is 0 Å². The van der Waals surface area contributed by atoms with Crippen molar-refractivity contribution in [2.24, 2.45) is 0 Å². The summed E-state index contributed by atoms with van der Waals surface area (Å²) in [5.41, 5.74) is 2.68. The molecule has 6 heteroatoms. The van der Waals surface area contributed by atoms with E-state index in [-0.39, 0.29) is 17.9 Å². The Balaban J connectivity index is 1.80. The topological polar surface area (TPSA) is 69.0 Å². The quantitative estimate of drug-likeness (QED) is 0.783. The normalized spacial score (nSPS) is 16.3. The molecule has 6 nitrogen and oxygen atoms in total. The largest absolute Gasteiger partial charge is 0.491 e. The monoisotopic (exact) mass is 348 g/mol. The number of carbonyl (C=O) groups is 1. The number of fused-ring (bicyclic) bond motifs is 1. The molecule has 1 aliphatic heterocycles. The summed E-state index contributed by atoms with van der Waals surface area (Å²) in [6, 6.07) is 11.6. The summed E-state index contributed by atoms with van der Waals surface area (Å²) in [7, 11) is 0. The average molecular weight is 348 g/mol. The number of anilines is 1. The lowest BCUT2D eigenvalue weighted by molar-refractivity contribution is -0.116. The third kappa shape index (κ3) is 2.94. The first-order valence-electron chi connectivity index (χ1n) is 8.66. The fourth-order valence-corrected chi connectivity index (χ4v) is 3.29. The maximum absolute atomic E-state index is 12.4. The van der Waals surface area contributed by atoms with Crippen molar-refractivity contribution in [3.05, 3.63) is 66.4 Å². The maximum Gasteiger partial charge on any atom is 0.226 e. The number of nitrogens with one attached hydrogen (secondary N) is 1. The standard InChI is InChI=1S/C20H20N4O2/c1-13(2)26-17-8-4-3-7-15(17)16-10-18(25)23-20-19(16)22-12-24(20)14-6-5-9-21-11-14/h3-9,11-13,16H,10H2,1-2H3,(H,23,25)/t16-/m1/s1. The molecule has 4 rings (SSSR count). The molecular formula is C20H20N4O2. The molecule has 1 aromatic carbocycles. The van der Waals surface area contributed by atoms with Crippen LogP contribution in [0.15, 0.2) is 55.1 Å². The summed E-state index contributed by atoms with van der Waals surface area (Å²) in [5, 5.41) is 2.96. The van der Waals surface area contributed by atoms with Crippen LogP contribution in [0.3, 0.4) is 0 Å². The predicted molar refractivity (Wildman–Crippen MR) is 98.7 cm³/mol. The molecule has 3 heterocycles. The first-order chi connectivity index (χ1) is 12.6. The van der Waals surface area contributed by atoms with E-state index in [1.807, 2.05) is 54.8 Å². The van der Waals surface area contributed by atoms with Gasteiger partial charge in [-0.2, -0.15) is 0 Å². The molecule has 132 valence electrons. The minimum Gasteiger partial charge on any atom is -0.491 e. The number of pyridine rings is 1. The van der Waals surface area contributed by atoms with Gasteiger partial charge in [-0.3, -0.25) is 14.3 Å². The molecule has 0 saturated carbocycles. The summed E-state index contributed by atoms with van der Waals surface area (Å²) < 4.78 is 7.82. The summed E-state index contributed by atoms with van der Waals surface area (Å²) in [5.74, 6) is 1.31. The smallest absolute Gasteiger partial charge is 0.226 e. The van der Waals surface area contributed by atoms with Gasteiger partial charge in [-0.15, -0.1) is 0 Å². The number of rotatable bonds is 4. The number of hydrogen-bond donors (Lipinski definition) is 1. The van der Waals surface area contributed by atoms with Crippen LogP contribution in [-0.2, 0) is 4.79 Å². The number of aromatic nitrogens is 3. The van der Waals surface area contributed by atoms with Gasteiger partial charge in [-0.1, -0.05) is 18.2 Å². The summed E-state index contributed by atoms with van der Waals surface area (Å²) in [4.78, 5) is 21.2. The Kier molecular flexibility index (Phi) is 4.16. The Bertz CT molecular complexity index is 934. The maximum atomic E-state index is 12.4. The van der Waals surface area contributed by atoms with Gasteiger partial charge in [0.2, 0.25) is 5.91 Å². The Morgan fingerprint density at radius 2 is 2.08 bits per heavy atom. The van der Waals surface area contributed by atoms with Crippen LogP contribution < -0.4 is 10.1 Å². The SMILES string of the molecule is CC(C)Oc1ccccc1[C@H]1CC(=O)Nc2c1ncn2-c1cccnc1. The second kappa shape index (κ2) is 6.63. The van der Waals surface area contributed by atoms with E-state index in [1.165, 1.54) is 0 Å². The fraction of sp³-hybridized carbons (Fsp3) is 0.250. The molecule has 0 spiro atoms. The number of carbonyl (C=O) groups excluding carboxylic acids is 1. The zero-order valence-corrected chi connectivity index (χ0v) is 14.7. The Hall–Kier alpha value is -3.15. The zero-order chi connectivity index (χ0) is 18.1. The summed E-state index contributed by atoms with van der Waals surface area (Å²) in [6.45, 7) is 3.99. The molecule has 1 N–H and O–H groups in total. The highest BCUT2D eigenvalue weighted by Crippen LogP contribution is 2.40. The molecule has 0 radical (unpaired) electrons. The first kappa shape index (κ1) is 16.3. The Morgan fingerprint density at radius 1 is 1.23 bits per heavy atom. The zero-order valence-electron chi connectivity index (χ0n) is 14.7. The highest BCUT2D eigenvalue weighted by molar-refractivity contribution is 5.94. The van der Waals surface area contributed by atoms with Crippen molar-refractivity contribution in [1.29, 1.82) is 0 Å². The van der Waals surface area contributed by atoms with Crippen LogP contribution >= 0.6 is 0 Å². The van der Waals surface area contributed by atoms with Crippen molar-refractivity contribution in [2.45, 2.75) is 32.3 Å². The van der Waals surface area contributed by atoms with Gasteiger partial charge in [0.25, 0.3) is 0 Å². The van der Waals surface area contributed by atoms with Gasteiger partial charge in [-0.05, 0) is 32.0 Å². The average Bonchev–Trinajstić information content (AvgIpc) is 3.05. The molecule has 26 heavy (non-hydrogen) atoms. The number of hydrogen-bond acceptors (Lipinski definition) is 4. The van der Waals surface area contributed by atoms with Crippen LogP contribution in [0.4, 0.5) is 5.82 Å². The Labute approximate surface area is 151 Å². The number of nitrogens with zero attached hydrogens (tertiary/aromatic N) is 3. The van der Waals surface area contributed by atoms with Crippen molar-refractivity contribution >= 4 is 11.7 Å². The second-order valence-electron chi connectivity index (χ2n) is 6.57. The molecule has 0 aliphatic carbocycles. The fourth-order valence-electron chi connectivity index (χ4n) is 3.29. The highest BCUT2D eigenvalue weighted by atomic mass is 16.5. The van der Waals surface area contributed by atoms with E-state index in [9.17, 15) is 4.79 Å². The second-order valence-corrected chi connectivity index (χ2v) is 6.57. The van der Waals surface area contributed by atoms with E-state index < -0.39 is 0 Å². The molecule has 0 saturated heterocycles. The molecule has 1 amide bonds. The van der Waals surface area contributed by atoms with Gasteiger partial charge in [0.1, 0.15) is 17.9 Å². The predicted octanol–water partition coefficient (Wildman–Crippen LogP) is 3.53. The van der Waals surface area contributed by atoms with E-state index in [2.05, 4.69) is 15.3 Å². The van der Waals surface area contributed by atoms with Crippen LogP contribution in [0, 0.1) is 0 Å². The molecule has 1 aliphatic rings. The summed E-state index contributed by atoms with van der Waals surface area (Å²) in [6.07, 6.45) is 5.59. The van der Waals surface area contributed by atoms with E-state index in [1.54, 1.807) is 18.7 Å². The number of ether oxygens (including phenoxy) is 1.